The Hall–Kier alpha value is -1.56. The molecule has 122 valence electrons. The summed E-state index contributed by atoms with van der Waals surface area (Å²) in [5.74, 6) is 1.14. The molecule has 0 unspecified atom stereocenters. The van der Waals surface area contributed by atoms with Crippen LogP contribution in [-0.4, -0.2) is 57.7 Å². The van der Waals surface area contributed by atoms with Crippen molar-refractivity contribution in [2.75, 3.05) is 26.7 Å². The summed E-state index contributed by atoms with van der Waals surface area (Å²) in [6.45, 7) is 6.82. The zero-order valence-corrected chi connectivity index (χ0v) is 13.6. The van der Waals surface area contributed by atoms with Crippen LogP contribution in [-0.2, 0) is 17.8 Å². The number of carbonyl (C=O) groups is 1. The molecule has 1 atom stereocenters. The number of likely N-dealkylation sites (tertiary alicyclic amines) is 1. The van der Waals surface area contributed by atoms with E-state index in [-0.39, 0.29) is 11.7 Å². The second kappa shape index (κ2) is 6.28. The predicted octanol–water partition coefficient (Wildman–Crippen LogP) is 2.10. The third-order valence-corrected chi connectivity index (χ3v) is 4.76. The summed E-state index contributed by atoms with van der Waals surface area (Å²) < 4.78 is 7.91. The van der Waals surface area contributed by atoms with Crippen molar-refractivity contribution in [2.45, 2.75) is 51.3 Å². The van der Waals surface area contributed by atoms with E-state index < -0.39 is 0 Å². The molecule has 1 spiro atoms. The average molecular weight is 306 g/mol. The van der Waals surface area contributed by atoms with Crippen molar-refractivity contribution in [1.29, 1.82) is 0 Å². The van der Waals surface area contributed by atoms with Gasteiger partial charge in [0.1, 0.15) is 11.4 Å². The topological polar surface area (TPSA) is 50.6 Å². The van der Waals surface area contributed by atoms with Crippen LogP contribution in [0.1, 0.15) is 38.4 Å². The molecule has 6 heteroatoms. The number of aryl methyl sites for hydroxylation is 1. The van der Waals surface area contributed by atoms with Crippen LogP contribution < -0.4 is 0 Å². The van der Waals surface area contributed by atoms with Gasteiger partial charge in [0.05, 0.1) is 13.1 Å². The second-order valence-corrected chi connectivity index (χ2v) is 6.57. The number of hydrogen-bond acceptors (Lipinski definition) is 4. The molecule has 6 nitrogen and oxygen atoms in total. The highest BCUT2D eigenvalue weighted by Crippen LogP contribution is 2.32. The van der Waals surface area contributed by atoms with E-state index in [0.717, 1.165) is 64.2 Å². The van der Waals surface area contributed by atoms with Gasteiger partial charge in [-0.15, -0.1) is 0 Å². The Morgan fingerprint density at radius 3 is 2.95 bits per heavy atom. The number of hydrogen-bond donors (Lipinski definition) is 0. The van der Waals surface area contributed by atoms with E-state index in [1.54, 1.807) is 4.90 Å². The fraction of sp³-hybridized carbons (Fsp3) is 0.750. The molecule has 3 heterocycles. The lowest BCUT2D eigenvalue weighted by Crippen LogP contribution is -2.35. The lowest BCUT2D eigenvalue weighted by molar-refractivity contribution is 0.0442. The maximum absolute atomic E-state index is 11.7. The van der Waals surface area contributed by atoms with Crippen molar-refractivity contribution < 1.29 is 9.53 Å². The molecule has 2 fully saturated rings. The summed E-state index contributed by atoms with van der Waals surface area (Å²) in [7, 11) is 1.82. The number of rotatable bonds is 4. The molecule has 0 aliphatic carbocycles. The molecule has 2 saturated heterocycles. The molecule has 2 aliphatic heterocycles. The molecular weight excluding hydrogens is 280 g/mol. The summed E-state index contributed by atoms with van der Waals surface area (Å²) in [4.78, 5) is 20.3. The van der Waals surface area contributed by atoms with Crippen LogP contribution in [0.4, 0.5) is 4.79 Å². The van der Waals surface area contributed by atoms with Gasteiger partial charge in [-0.1, -0.05) is 6.92 Å². The number of amides is 1. The molecule has 1 amide bonds. The molecule has 2 aliphatic rings. The van der Waals surface area contributed by atoms with Gasteiger partial charge in [-0.25, -0.2) is 9.78 Å². The fourth-order valence-electron chi connectivity index (χ4n) is 3.57. The Balaban J connectivity index is 1.61. The SMILES string of the molecule is CCCn1ccnc1CN1CCC[C@]2(CC1)CN(C)C(=O)O2. The molecule has 0 aromatic carbocycles. The quantitative estimate of drug-likeness (QED) is 0.855. The zero-order valence-electron chi connectivity index (χ0n) is 13.6. The van der Waals surface area contributed by atoms with Gasteiger partial charge in [0.2, 0.25) is 0 Å². The number of carbonyl (C=O) groups excluding carboxylic acids is 1. The van der Waals surface area contributed by atoms with E-state index in [1.165, 1.54) is 0 Å². The first-order chi connectivity index (χ1) is 10.6. The summed E-state index contributed by atoms with van der Waals surface area (Å²) in [6.07, 6.45) is 7.83. The first-order valence-electron chi connectivity index (χ1n) is 8.28. The normalized spacial score (nSPS) is 26.5. The van der Waals surface area contributed by atoms with E-state index >= 15 is 0 Å². The third kappa shape index (κ3) is 3.11. The maximum Gasteiger partial charge on any atom is 0.410 e. The second-order valence-electron chi connectivity index (χ2n) is 6.57. The van der Waals surface area contributed by atoms with Gasteiger partial charge >= 0.3 is 6.09 Å². The molecule has 3 rings (SSSR count). The molecule has 0 saturated carbocycles. The van der Waals surface area contributed by atoms with E-state index in [0.29, 0.717) is 0 Å². The van der Waals surface area contributed by atoms with Gasteiger partial charge in [0.15, 0.2) is 0 Å². The first-order valence-corrected chi connectivity index (χ1v) is 8.28. The summed E-state index contributed by atoms with van der Waals surface area (Å²) in [6, 6.07) is 0. The number of likely N-dealkylation sites (N-methyl/N-ethyl adjacent to an activating group) is 1. The highest BCUT2D eigenvalue weighted by Gasteiger charge is 2.44. The number of imidazole rings is 1. The van der Waals surface area contributed by atoms with Crippen molar-refractivity contribution >= 4 is 6.09 Å². The average Bonchev–Trinajstić information content (AvgIpc) is 2.95. The van der Waals surface area contributed by atoms with E-state index in [1.807, 2.05) is 13.2 Å². The van der Waals surface area contributed by atoms with Crippen LogP contribution in [0.15, 0.2) is 12.4 Å². The Bertz CT molecular complexity index is 530. The summed E-state index contributed by atoms with van der Waals surface area (Å²) >= 11 is 0. The van der Waals surface area contributed by atoms with Crippen molar-refractivity contribution in [3.8, 4) is 0 Å². The first kappa shape index (κ1) is 15.3. The highest BCUT2D eigenvalue weighted by atomic mass is 16.6. The van der Waals surface area contributed by atoms with Crippen LogP contribution in [0.5, 0.6) is 0 Å². The van der Waals surface area contributed by atoms with Gasteiger partial charge in [-0.2, -0.15) is 0 Å². The van der Waals surface area contributed by atoms with Crippen molar-refractivity contribution in [3.63, 3.8) is 0 Å². The largest absolute Gasteiger partial charge is 0.441 e. The monoisotopic (exact) mass is 306 g/mol. The van der Waals surface area contributed by atoms with Crippen LogP contribution in [0.2, 0.25) is 0 Å². The van der Waals surface area contributed by atoms with Gasteiger partial charge in [0, 0.05) is 39.0 Å². The summed E-state index contributed by atoms with van der Waals surface area (Å²) in [5.41, 5.74) is -0.264. The molecular formula is C16H26N4O2. The highest BCUT2D eigenvalue weighted by molar-refractivity contribution is 5.70. The lowest BCUT2D eigenvalue weighted by atomic mass is 9.95. The van der Waals surface area contributed by atoms with Gasteiger partial charge in [-0.05, 0) is 25.8 Å². The van der Waals surface area contributed by atoms with Crippen LogP contribution in [0.25, 0.3) is 0 Å². The Labute approximate surface area is 132 Å². The number of nitrogens with zero attached hydrogens (tertiary/aromatic N) is 4. The number of aromatic nitrogens is 2. The van der Waals surface area contributed by atoms with Crippen LogP contribution >= 0.6 is 0 Å². The predicted molar refractivity (Wildman–Crippen MR) is 83.5 cm³/mol. The fourth-order valence-corrected chi connectivity index (χ4v) is 3.57. The van der Waals surface area contributed by atoms with E-state index in [9.17, 15) is 4.79 Å². The Kier molecular flexibility index (Phi) is 4.38. The van der Waals surface area contributed by atoms with E-state index in [2.05, 4.69) is 27.6 Å². The molecule has 0 radical (unpaired) electrons. The van der Waals surface area contributed by atoms with Gasteiger partial charge in [0.25, 0.3) is 0 Å². The van der Waals surface area contributed by atoms with Gasteiger partial charge in [-0.3, -0.25) is 4.90 Å². The van der Waals surface area contributed by atoms with Crippen LogP contribution in [0.3, 0.4) is 0 Å². The minimum absolute atomic E-state index is 0.174. The number of ether oxygens (including phenoxy) is 1. The molecule has 1 aromatic rings. The Morgan fingerprint density at radius 2 is 2.23 bits per heavy atom. The molecule has 22 heavy (non-hydrogen) atoms. The molecule has 0 bridgehead atoms. The van der Waals surface area contributed by atoms with Crippen molar-refractivity contribution in [2.24, 2.45) is 0 Å². The minimum atomic E-state index is -0.264. The van der Waals surface area contributed by atoms with Crippen LogP contribution in [0, 0.1) is 0 Å². The lowest BCUT2D eigenvalue weighted by Gasteiger charge is -2.25. The minimum Gasteiger partial charge on any atom is -0.441 e. The smallest absolute Gasteiger partial charge is 0.410 e. The van der Waals surface area contributed by atoms with E-state index in [4.69, 9.17) is 4.74 Å². The van der Waals surface area contributed by atoms with Crippen molar-refractivity contribution in [3.05, 3.63) is 18.2 Å². The van der Waals surface area contributed by atoms with Crippen molar-refractivity contribution in [1.82, 2.24) is 19.4 Å². The molecule has 1 aromatic heterocycles. The molecule has 0 N–H and O–H groups in total. The maximum atomic E-state index is 11.7. The zero-order chi connectivity index (χ0) is 15.6. The Morgan fingerprint density at radius 1 is 1.36 bits per heavy atom. The van der Waals surface area contributed by atoms with Gasteiger partial charge < -0.3 is 14.2 Å². The third-order valence-electron chi connectivity index (χ3n) is 4.76. The standard InChI is InChI=1S/C16H26N4O2/c1-3-8-20-11-7-17-14(20)12-19-9-4-5-16(6-10-19)13-18(2)15(21)22-16/h7,11H,3-6,8-10,12-13H2,1-2H3/t16-/m0/s1. The summed E-state index contributed by atoms with van der Waals surface area (Å²) in [5, 5.41) is 0.